The van der Waals surface area contributed by atoms with E-state index in [9.17, 15) is 14.5 Å². The lowest BCUT2D eigenvalue weighted by molar-refractivity contribution is -0.119. The van der Waals surface area contributed by atoms with Crippen LogP contribution in [0.1, 0.15) is 32.3 Å². The average molecular weight is 583 g/mol. The van der Waals surface area contributed by atoms with E-state index < -0.39 is 13.2 Å². The number of hydrogen-bond donors (Lipinski definition) is 5. The molecule has 1 saturated heterocycles. The number of nitrogens with zero attached hydrogens (tertiary/aromatic N) is 2. The van der Waals surface area contributed by atoms with E-state index in [0.717, 1.165) is 17.3 Å². The van der Waals surface area contributed by atoms with Crippen LogP contribution in [-0.2, 0) is 29.7 Å². The van der Waals surface area contributed by atoms with Gasteiger partial charge in [-0.25, -0.2) is 14.6 Å². The van der Waals surface area contributed by atoms with E-state index in [2.05, 4.69) is 22.0 Å². The highest BCUT2D eigenvalue weighted by molar-refractivity contribution is 8.13. The lowest BCUT2D eigenvalue weighted by atomic mass is 9.97. The van der Waals surface area contributed by atoms with Crippen LogP contribution in [0, 0.1) is 5.41 Å². The van der Waals surface area contributed by atoms with Crippen molar-refractivity contribution in [2.45, 2.75) is 45.6 Å². The summed E-state index contributed by atoms with van der Waals surface area (Å²) in [5.74, 6) is 0.810. The summed E-state index contributed by atoms with van der Waals surface area (Å²) in [6, 6.07) is 9.47. The number of nitrogens with two attached hydrogens (primary N) is 2. The van der Waals surface area contributed by atoms with Crippen LogP contribution in [0.5, 0.6) is 0 Å². The number of thioether (sulfide) groups is 1. The molecule has 12 nitrogen and oxygen atoms in total. The Hall–Kier alpha value is -2.38. The van der Waals surface area contributed by atoms with Gasteiger partial charge in [-0.05, 0) is 32.3 Å². The molecule has 1 aromatic carbocycles. The molecule has 0 saturated carbocycles. The number of aliphatic imine (C=N–C) groups is 1. The van der Waals surface area contributed by atoms with Gasteiger partial charge >= 0.3 is 7.75 Å². The van der Waals surface area contributed by atoms with Gasteiger partial charge in [0.1, 0.15) is 11.9 Å². The molecule has 0 bridgehead atoms. The summed E-state index contributed by atoms with van der Waals surface area (Å²) < 4.78 is 31.3. The maximum absolute atomic E-state index is 13.6. The van der Waals surface area contributed by atoms with Gasteiger partial charge in [0.15, 0.2) is 10.9 Å². The van der Waals surface area contributed by atoms with Crippen molar-refractivity contribution in [1.82, 2.24) is 15.3 Å². The fourth-order valence-electron chi connectivity index (χ4n) is 3.85. The fourth-order valence-corrected chi connectivity index (χ4v) is 6.11. The molecule has 0 aromatic heterocycles. The molecular weight excluding hydrogens is 543 g/mol. The maximum atomic E-state index is 13.6. The van der Waals surface area contributed by atoms with E-state index in [4.69, 9.17) is 25.3 Å². The van der Waals surface area contributed by atoms with E-state index in [-0.39, 0.29) is 49.6 Å². The molecule has 1 aromatic rings. The van der Waals surface area contributed by atoms with Crippen molar-refractivity contribution in [2.24, 2.45) is 21.9 Å². The Morgan fingerprint density at radius 2 is 2.13 bits per heavy atom. The minimum atomic E-state index is -3.74. The summed E-state index contributed by atoms with van der Waals surface area (Å²) in [5, 5.41) is 15.3. The quantitative estimate of drug-likeness (QED) is 0.0884. The Labute approximate surface area is 233 Å². The lowest BCUT2D eigenvalue weighted by Crippen LogP contribution is -2.35. The van der Waals surface area contributed by atoms with Crippen molar-refractivity contribution in [3.05, 3.63) is 59.7 Å². The van der Waals surface area contributed by atoms with Crippen LogP contribution in [0.25, 0.3) is 0 Å². The van der Waals surface area contributed by atoms with Crippen LogP contribution in [0.4, 0.5) is 0 Å². The molecule has 3 atom stereocenters. The molecule has 216 valence electrons. The summed E-state index contributed by atoms with van der Waals surface area (Å²) >= 11 is 1.02. The normalized spacial score (nSPS) is 21.4. The van der Waals surface area contributed by atoms with Gasteiger partial charge in [-0.15, -0.1) is 0 Å². The second kappa shape index (κ2) is 14.3. The molecule has 0 amide bonds. The largest absolute Gasteiger partial charge is 0.405 e. The van der Waals surface area contributed by atoms with Gasteiger partial charge in [-0.1, -0.05) is 48.7 Å². The van der Waals surface area contributed by atoms with Crippen molar-refractivity contribution in [1.29, 1.82) is 0 Å². The predicted molar refractivity (Wildman–Crippen MR) is 152 cm³/mol. The standard InChI is InChI=1S/C25H39N6O6PS/c1-18(27)22-23(28-16-26)31(17-29-22)21-10-9-20(37-21)14-36-38(34,30-13-19-7-5-4-6-8-19)35-11-12-39-24(33)25(2,3)15-32/h4-8,16,20-21,29,32H,1,9-15,17,27H2,2-3H3,(H2,26,28)(H,30,34). The number of carbonyl (C=O) groups is 1. The molecule has 0 spiro atoms. The lowest BCUT2D eigenvalue weighted by Gasteiger charge is -2.26. The van der Waals surface area contributed by atoms with Crippen LogP contribution in [0.3, 0.4) is 0 Å². The Morgan fingerprint density at radius 3 is 2.79 bits per heavy atom. The summed E-state index contributed by atoms with van der Waals surface area (Å²) in [6.07, 6.45) is 1.90. The number of rotatable bonds is 15. The Morgan fingerprint density at radius 1 is 1.38 bits per heavy atom. The number of ether oxygens (including phenoxy) is 1. The number of nitrogens with one attached hydrogen (secondary N) is 2. The molecule has 0 radical (unpaired) electrons. The molecule has 1 fully saturated rings. The molecule has 0 aliphatic carbocycles. The van der Waals surface area contributed by atoms with Gasteiger partial charge in [-0.2, -0.15) is 0 Å². The summed E-state index contributed by atoms with van der Waals surface area (Å²) in [7, 11) is -3.74. The van der Waals surface area contributed by atoms with Gasteiger partial charge in [0, 0.05) is 12.3 Å². The van der Waals surface area contributed by atoms with Crippen LogP contribution >= 0.6 is 19.5 Å². The van der Waals surface area contributed by atoms with E-state index in [1.165, 1.54) is 6.34 Å². The van der Waals surface area contributed by atoms with E-state index >= 15 is 0 Å². The SMILES string of the molecule is C=C(N)C1=C(N=CN)N(C2CCC(COP(=O)(NCc3ccccc3)OCCSC(=O)C(C)(C)CO)O2)CN1. The second-order valence-electron chi connectivity index (χ2n) is 9.72. The summed E-state index contributed by atoms with van der Waals surface area (Å²) in [6.45, 7) is 7.60. The van der Waals surface area contributed by atoms with E-state index in [0.29, 0.717) is 36.7 Å². The number of carbonyl (C=O) groups excluding carboxylic acids is 1. The summed E-state index contributed by atoms with van der Waals surface area (Å²) in [4.78, 5) is 18.4. The van der Waals surface area contributed by atoms with Crippen LogP contribution in [0.2, 0.25) is 0 Å². The average Bonchev–Trinajstić information content (AvgIpc) is 3.57. The smallest absolute Gasteiger partial charge is 0.397 e. The third-order valence-electron chi connectivity index (χ3n) is 6.15. The minimum absolute atomic E-state index is 0.0155. The molecule has 2 aliphatic rings. The van der Waals surface area contributed by atoms with Crippen molar-refractivity contribution < 1.29 is 28.3 Å². The molecule has 2 aliphatic heterocycles. The first-order valence-electron chi connectivity index (χ1n) is 12.6. The zero-order valence-electron chi connectivity index (χ0n) is 22.4. The first kappa shape index (κ1) is 31.2. The number of aliphatic hydroxyl groups excluding tert-OH is 1. The topological polar surface area (TPSA) is 174 Å². The zero-order valence-corrected chi connectivity index (χ0v) is 24.1. The van der Waals surface area contributed by atoms with Gasteiger partial charge in [-0.3, -0.25) is 13.8 Å². The number of hydrogen-bond acceptors (Lipinski definition) is 11. The molecule has 39 heavy (non-hydrogen) atoms. The van der Waals surface area contributed by atoms with E-state index in [1.807, 2.05) is 35.2 Å². The van der Waals surface area contributed by atoms with Crippen LogP contribution < -0.4 is 21.9 Å². The fraction of sp³-hybridized carbons (Fsp3) is 0.520. The molecule has 14 heteroatoms. The van der Waals surface area contributed by atoms with Crippen molar-refractivity contribution >= 4 is 31.0 Å². The second-order valence-corrected chi connectivity index (χ2v) is 12.6. The molecule has 3 rings (SSSR count). The van der Waals surface area contributed by atoms with E-state index in [1.54, 1.807) is 13.8 Å². The van der Waals surface area contributed by atoms with Crippen molar-refractivity contribution in [3.8, 4) is 0 Å². The highest BCUT2D eigenvalue weighted by atomic mass is 32.2. The highest BCUT2D eigenvalue weighted by Gasteiger charge is 2.37. The minimum Gasteiger partial charge on any atom is -0.397 e. The number of aliphatic hydroxyl groups is 1. The van der Waals surface area contributed by atoms with Crippen LogP contribution in [0.15, 0.2) is 59.1 Å². The van der Waals surface area contributed by atoms with Gasteiger partial charge < -0.3 is 31.5 Å². The number of benzene rings is 1. The van der Waals surface area contributed by atoms with Crippen molar-refractivity contribution in [2.75, 3.05) is 32.2 Å². The maximum Gasteiger partial charge on any atom is 0.405 e. The zero-order chi connectivity index (χ0) is 28.5. The molecular formula is C25H39N6O6PS. The molecule has 3 unspecified atom stereocenters. The Bertz CT molecular complexity index is 1100. The van der Waals surface area contributed by atoms with Gasteiger partial charge in [0.2, 0.25) is 0 Å². The van der Waals surface area contributed by atoms with Gasteiger partial charge in [0.05, 0.1) is 50.0 Å². The Balaban J connectivity index is 1.58. The summed E-state index contributed by atoms with van der Waals surface area (Å²) in [5.41, 5.74) is 12.4. The first-order chi connectivity index (χ1) is 18.6. The van der Waals surface area contributed by atoms with Crippen molar-refractivity contribution in [3.63, 3.8) is 0 Å². The molecule has 7 N–H and O–H groups in total. The predicted octanol–water partition coefficient (Wildman–Crippen LogP) is 2.19. The highest BCUT2D eigenvalue weighted by Crippen LogP contribution is 2.45. The molecule has 2 heterocycles. The first-order valence-corrected chi connectivity index (χ1v) is 15.2. The third kappa shape index (κ3) is 8.81. The monoisotopic (exact) mass is 582 g/mol. The van der Waals surface area contributed by atoms with Gasteiger partial charge in [0.25, 0.3) is 0 Å². The third-order valence-corrected chi connectivity index (χ3v) is 8.89. The Kier molecular flexibility index (Phi) is 11.4. The van der Waals surface area contributed by atoms with Crippen LogP contribution in [-0.4, -0.2) is 66.0 Å².